The van der Waals surface area contributed by atoms with Crippen LogP contribution in [-0.2, 0) is 9.59 Å². The normalized spacial score (nSPS) is 12.9. The van der Waals surface area contributed by atoms with Gasteiger partial charge in [-0.3, -0.25) is 9.59 Å². The lowest BCUT2D eigenvalue weighted by Gasteiger charge is -2.19. The molecule has 1 N–H and O–H groups in total. The molecule has 4 heteroatoms. The molecule has 0 saturated carbocycles. The molecule has 0 aliphatic rings. The van der Waals surface area contributed by atoms with E-state index in [1.54, 1.807) is 11.8 Å². The number of ketones is 1. The molecule has 1 atom stereocenters. The van der Waals surface area contributed by atoms with Gasteiger partial charge in [-0.2, -0.15) is 11.8 Å². The maximum Gasteiger partial charge on any atom is 0.230 e. The second-order valence-corrected chi connectivity index (χ2v) is 5.84. The number of Topliss-reactive ketones (excluding diaryl/α,β-unsaturated/α-hetero) is 1. The number of thioether (sulfide) groups is 1. The van der Waals surface area contributed by atoms with Crippen LogP contribution in [-0.4, -0.2) is 29.2 Å². The first-order valence-electron chi connectivity index (χ1n) is 5.72. The summed E-state index contributed by atoms with van der Waals surface area (Å²) in [5, 5.41) is 2.78. The molecule has 0 aliphatic carbocycles. The maximum absolute atomic E-state index is 11.6. The van der Waals surface area contributed by atoms with Crippen molar-refractivity contribution in [2.24, 2.45) is 11.8 Å². The highest BCUT2D eigenvalue weighted by molar-refractivity contribution is 7.99. The predicted molar refractivity (Wildman–Crippen MR) is 69.6 cm³/mol. The standard InChI is InChI=1S/C12H23NO2S/c1-8(2)6-16-7-11(15)13-12(9(3)4)10(5)14/h8-9,12H,6-7H2,1-5H3,(H,13,15). The first-order valence-corrected chi connectivity index (χ1v) is 6.87. The van der Waals surface area contributed by atoms with Crippen LogP contribution in [0.1, 0.15) is 34.6 Å². The highest BCUT2D eigenvalue weighted by atomic mass is 32.2. The Labute approximate surface area is 103 Å². The quantitative estimate of drug-likeness (QED) is 0.747. The van der Waals surface area contributed by atoms with E-state index >= 15 is 0 Å². The molecule has 1 unspecified atom stereocenters. The Hall–Kier alpha value is -0.510. The highest BCUT2D eigenvalue weighted by Crippen LogP contribution is 2.08. The van der Waals surface area contributed by atoms with Crippen molar-refractivity contribution in [2.45, 2.75) is 40.7 Å². The van der Waals surface area contributed by atoms with Gasteiger partial charge in [0, 0.05) is 0 Å². The minimum absolute atomic E-state index is 0.0252. The van der Waals surface area contributed by atoms with Crippen molar-refractivity contribution in [1.29, 1.82) is 0 Å². The molecule has 0 radical (unpaired) electrons. The smallest absolute Gasteiger partial charge is 0.230 e. The summed E-state index contributed by atoms with van der Waals surface area (Å²) in [5.74, 6) is 2.13. The van der Waals surface area contributed by atoms with Gasteiger partial charge in [-0.1, -0.05) is 27.7 Å². The Bertz CT molecular complexity index is 239. The van der Waals surface area contributed by atoms with Gasteiger partial charge in [-0.05, 0) is 24.5 Å². The van der Waals surface area contributed by atoms with Crippen LogP contribution in [0.15, 0.2) is 0 Å². The van der Waals surface area contributed by atoms with Crippen molar-refractivity contribution in [3.05, 3.63) is 0 Å². The maximum atomic E-state index is 11.6. The van der Waals surface area contributed by atoms with Crippen LogP contribution in [0.4, 0.5) is 0 Å². The lowest BCUT2D eigenvalue weighted by molar-refractivity contribution is -0.126. The molecule has 0 aromatic carbocycles. The summed E-state index contributed by atoms with van der Waals surface area (Å²) >= 11 is 1.61. The van der Waals surface area contributed by atoms with Crippen molar-refractivity contribution >= 4 is 23.5 Å². The topological polar surface area (TPSA) is 46.2 Å². The summed E-state index contributed by atoms with van der Waals surface area (Å²) in [5.41, 5.74) is 0. The van der Waals surface area contributed by atoms with Gasteiger partial charge >= 0.3 is 0 Å². The molecule has 1 amide bonds. The van der Waals surface area contributed by atoms with Gasteiger partial charge in [-0.15, -0.1) is 0 Å². The van der Waals surface area contributed by atoms with Crippen LogP contribution in [0.2, 0.25) is 0 Å². The number of amides is 1. The van der Waals surface area contributed by atoms with E-state index in [1.807, 2.05) is 13.8 Å². The van der Waals surface area contributed by atoms with Crippen molar-refractivity contribution in [3.63, 3.8) is 0 Å². The summed E-state index contributed by atoms with van der Waals surface area (Å²) in [7, 11) is 0. The summed E-state index contributed by atoms with van der Waals surface area (Å²) in [4.78, 5) is 22.8. The molecule has 16 heavy (non-hydrogen) atoms. The largest absolute Gasteiger partial charge is 0.345 e. The molecule has 0 spiro atoms. The first-order chi connectivity index (χ1) is 7.34. The van der Waals surface area contributed by atoms with Gasteiger partial charge in [0.25, 0.3) is 0 Å². The fourth-order valence-electron chi connectivity index (χ4n) is 1.34. The molecule has 0 fully saturated rings. The van der Waals surface area contributed by atoms with Gasteiger partial charge in [0.2, 0.25) is 5.91 Å². The fraction of sp³-hybridized carbons (Fsp3) is 0.833. The predicted octanol–water partition coefficient (Wildman–Crippen LogP) is 2.11. The van der Waals surface area contributed by atoms with Gasteiger partial charge < -0.3 is 5.32 Å². The molecular weight excluding hydrogens is 222 g/mol. The molecule has 0 bridgehead atoms. The van der Waals surface area contributed by atoms with Crippen LogP contribution in [0.25, 0.3) is 0 Å². The van der Waals surface area contributed by atoms with Gasteiger partial charge in [0.05, 0.1) is 11.8 Å². The van der Waals surface area contributed by atoms with Crippen molar-refractivity contribution < 1.29 is 9.59 Å². The van der Waals surface area contributed by atoms with E-state index in [2.05, 4.69) is 19.2 Å². The first kappa shape index (κ1) is 15.5. The van der Waals surface area contributed by atoms with E-state index in [4.69, 9.17) is 0 Å². The molecule has 0 aromatic heterocycles. The van der Waals surface area contributed by atoms with Gasteiger partial charge in [-0.25, -0.2) is 0 Å². The van der Waals surface area contributed by atoms with E-state index in [0.29, 0.717) is 11.7 Å². The van der Waals surface area contributed by atoms with E-state index < -0.39 is 0 Å². The van der Waals surface area contributed by atoms with E-state index in [-0.39, 0.29) is 23.7 Å². The number of hydrogen-bond acceptors (Lipinski definition) is 3. The third-order valence-corrected chi connectivity index (χ3v) is 3.47. The monoisotopic (exact) mass is 245 g/mol. The molecular formula is C12H23NO2S. The SMILES string of the molecule is CC(=O)C(NC(=O)CSCC(C)C)C(C)C. The summed E-state index contributed by atoms with van der Waals surface area (Å²) in [6, 6.07) is -0.341. The lowest BCUT2D eigenvalue weighted by Crippen LogP contribution is -2.44. The zero-order chi connectivity index (χ0) is 12.7. The molecule has 94 valence electrons. The van der Waals surface area contributed by atoms with E-state index in [0.717, 1.165) is 5.75 Å². The van der Waals surface area contributed by atoms with E-state index in [9.17, 15) is 9.59 Å². The molecule has 0 saturated heterocycles. The second-order valence-electron chi connectivity index (χ2n) is 4.81. The third kappa shape index (κ3) is 6.88. The van der Waals surface area contributed by atoms with Crippen LogP contribution in [0.5, 0.6) is 0 Å². The Morgan fingerprint density at radius 1 is 1.19 bits per heavy atom. The number of nitrogens with one attached hydrogen (secondary N) is 1. The summed E-state index contributed by atoms with van der Waals surface area (Å²) in [6.45, 7) is 9.64. The summed E-state index contributed by atoms with van der Waals surface area (Å²) in [6.07, 6.45) is 0. The second kappa shape index (κ2) is 7.71. The average molecular weight is 245 g/mol. The highest BCUT2D eigenvalue weighted by Gasteiger charge is 2.20. The van der Waals surface area contributed by atoms with Crippen LogP contribution in [0, 0.1) is 11.8 Å². The van der Waals surface area contributed by atoms with Crippen molar-refractivity contribution in [2.75, 3.05) is 11.5 Å². The Balaban J connectivity index is 3.97. The van der Waals surface area contributed by atoms with Crippen LogP contribution in [0.3, 0.4) is 0 Å². The van der Waals surface area contributed by atoms with Crippen molar-refractivity contribution in [1.82, 2.24) is 5.32 Å². The van der Waals surface area contributed by atoms with Gasteiger partial charge in [0.15, 0.2) is 5.78 Å². The summed E-state index contributed by atoms with van der Waals surface area (Å²) < 4.78 is 0. The van der Waals surface area contributed by atoms with Crippen LogP contribution >= 0.6 is 11.8 Å². The molecule has 0 aliphatic heterocycles. The minimum atomic E-state index is -0.341. The zero-order valence-electron chi connectivity index (χ0n) is 10.9. The number of carbonyl (C=O) groups excluding carboxylic acids is 2. The Morgan fingerprint density at radius 3 is 2.12 bits per heavy atom. The molecule has 0 aromatic rings. The minimum Gasteiger partial charge on any atom is -0.345 e. The lowest BCUT2D eigenvalue weighted by atomic mass is 10.0. The fourth-order valence-corrected chi connectivity index (χ4v) is 2.20. The van der Waals surface area contributed by atoms with Gasteiger partial charge in [0.1, 0.15) is 0 Å². The third-order valence-electron chi connectivity index (χ3n) is 2.11. The Morgan fingerprint density at radius 2 is 1.75 bits per heavy atom. The van der Waals surface area contributed by atoms with E-state index in [1.165, 1.54) is 6.92 Å². The Kier molecular flexibility index (Phi) is 7.47. The molecule has 3 nitrogen and oxygen atoms in total. The zero-order valence-corrected chi connectivity index (χ0v) is 11.7. The van der Waals surface area contributed by atoms with Crippen LogP contribution < -0.4 is 5.32 Å². The number of rotatable bonds is 7. The number of hydrogen-bond donors (Lipinski definition) is 1. The van der Waals surface area contributed by atoms with Crippen molar-refractivity contribution in [3.8, 4) is 0 Å². The number of carbonyl (C=O) groups is 2. The average Bonchev–Trinajstić information content (AvgIpc) is 2.12. The molecule has 0 heterocycles. The molecule has 0 rings (SSSR count).